The molecule has 0 amide bonds. The highest BCUT2D eigenvalue weighted by molar-refractivity contribution is 7.92. The third-order valence-corrected chi connectivity index (χ3v) is 7.38. The Bertz CT molecular complexity index is 1690. The van der Waals surface area contributed by atoms with Gasteiger partial charge in [0.15, 0.2) is 12.4 Å². The number of carbonyl (C=O) groups excluding carboxylic acids is 2. The Morgan fingerprint density at radius 3 is 2.29 bits per heavy atom. The van der Waals surface area contributed by atoms with Crippen molar-refractivity contribution in [3.8, 4) is 5.69 Å². The molecule has 1 aromatic heterocycles. The van der Waals surface area contributed by atoms with Crippen molar-refractivity contribution < 1.29 is 27.1 Å². The van der Waals surface area contributed by atoms with Crippen LogP contribution in [-0.2, 0) is 21.8 Å². The topological polar surface area (TPSA) is 116 Å². The molecule has 9 nitrogen and oxygen atoms in total. The molecule has 0 spiro atoms. The predicted molar refractivity (Wildman–Crippen MR) is 139 cm³/mol. The highest BCUT2D eigenvalue weighted by atomic mass is 32.2. The first kappa shape index (κ1) is 26.6. The number of sulfonamides is 1. The molecule has 0 aliphatic carbocycles. The summed E-state index contributed by atoms with van der Waals surface area (Å²) in [6.45, 7) is 2.58. The summed E-state index contributed by atoms with van der Waals surface area (Å²) in [5.74, 6) is -1.96. The van der Waals surface area contributed by atoms with E-state index in [9.17, 15) is 27.2 Å². The zero-order valence-corrected chi connectivity index (χ0v) is 21.6. The molecular weight excluding hydrogens is 513 g/mol. The lowest BCUT2D eigenvalue weighted by atomic mass is 10.1. The van der Waals surface area contributed by atoms with E-state index >= 15 is 0 Å². The zero-order chi connectivity index (χ0) is 27.6. The first-order chi connectivity index (χ1) is 18.0. The zero-order valence-electron chi connectivity index (χ0n) is 20.8. The van der Waals surface area contributed by atoms with E-state index in [-0.39, 0.29) is 21.7 Å². The number of carbonyl (C=O) groups is 2. The van der Waals surface area contributed by atoms with E-state index in [0.29, 0.717) is 16.9 Å². The number of hydrogen-bond donors (Lipinski definition) is 1. The highest BCUT2D eigenvalue weighted by Gasteiger charge is 2.24. The monoisotopic (exact) mass is 537 g/mol. The average molecular weight is 538 g/mol. The normalized spacial score (nSPS) is 11.3. The summed E-state index contributed by atoms with van der Waals surface area (Å²) in [7, 11) is -2.65. The van der Waals surface area contributed by atoms with Crippen LogP contribution in [0.15, 0.2) is 82.5 Å². The minimum absolute atomic E-state index is 0.0636. The fraction of sp³-hybridized carbons (Fsp3) is 0.148. The maximum atomic E-state index is 13.2. The van der Waals surface area contributed by atoms with Crippen LogP contribution >= 0.6 is 0 Å². The van der Waals surface area contributed by atoms with Crippen molar-refractivity contribution in [1.82, 2.24) is 9.36 Å². The molecule has 11 heteroatoms. The lowest BCUT2D eigenvalue weighted by Crippen LogP contribution is -2.23. The molecule has 0 fully saturated rings. The Balaban J connectivity index is 1.57. The number of rotatable bonds is 8. The van der Waals surface area contributed by atoms with Crippen molar-refractivity contribution in [2.24, 2.45) is 7.05 Å². The molecule has 0 atom stereocenters. The van der Waals surface area contributed by atoms with E-state index in [1.165, 1.54) is 33.6 Å². The maximum Gasteiger partial charge on any atom is 0.338 e. The van der Waals surface area contributed by atoms with Crippen LogP contribution in [0.3, 0.4) is 0 Å². The van der Waals surface area contributed by atoms with Crippen molar-refractivity contribution in [3.05, 3.63) is 111 Å². The van der Waals surface area contributed by atoms with Crippen LogP contribution in [0.5, 0.6) is 0 Å². The number of para-hydroxylation sites is 1. The third kappa shape index (κ3) is 5.28. The molecule has 1 N–H and O–H groups in total. The standard InChI is InChI=1S/C27H24FN3O6S/c1-17-9-14-22(15-23(17)27(34)37-16-24(32)19-10-12-20(28)13-11-19)38(35,36)29-25-18(2)30(3)31(26(25)33)21-7-5-4-6-8-21/h4-15,29H,16H2,1-3H3. The van der Waals surface area contributed by atoms with Gasteiger partial charge in [0.25, 0.3) is 15.6 Å². The van der Waals surface area contributed by atoms with Gasteiger partial charge in [-0.1, -0.05) is 24.3 Å². The van der Waals surface area contributed by atoms with Gasteiger partial charge in [0, 0.05) is 12.6 Å². The first-order valence-electron chi connectivity index (χ1n) is 11.4. The number of nitrogens with zero attached hydrogens (tertiary/aromatic N) is 2. The SMILES string of the molecule is Cc1ccc(S(=O)(=O)Nc2c(C)n(C)n(-c3ccccc3)c2=O)cc1C(=O)OCC(=O)c1ccc(F)cc1. The Hall–Kier alpha value is -4.51. The predicted octanol–water partition coefficient (Wildman–Crippen LogP) is 3.77. The number of halogens is 1. The molecule has 0 bridgehead atoms. The molecular formula is C27H24FN3O6S. The van der Waals surface area contributed by atoms with E-state index in [2.05, 4.69) is 4.72 Å². The number of hydrogen-bond acceptors (Lipinski definition) is 6. The smallest absolute Gasteiger partial charge is 0.338 e. The van der Waals surface area contributed by atoms with E-state index in [4.69, 9.17) is 4.74 Å². The van der Waals surface area contributed by atoms with Gasteiger partial charge in [0.05, 0.1) is 21.8 Å². The van der Waals surface area contributed by atoms with Crippen molar-refractivity contribution in [2.75, 3.05) is 11.3 Å². The van der Waals surface area contributed by atoms with E-state index in [0.717, 1.165) is 18.2 Å². The van der Waals surface area contributed by atoms with Crippen LogP contribution in [-0.4, -0.2) is 36.1 Å². The van der Waals surface area contributed by atoms with Crippen LogP contribution in [0.25, 0.3) is 5.69 Å². The quantitative estimate of drug-likeness (QED) is 0.270. The lowest BCUT2D eigenvalue weighted by Gasteiger charge is -2.11. The molecule has 0 saturated heterocycles. The van der Waals surface area contributed by atoms with Crippen molar-refractivity contribution in [1.29, 1.82) is 0 Å². The molecule has 1 heterocycles. The molecule has 0 unspecified atom stereocenters. The van der Waals surface area contributed by atoms with Crippen molar-refractivity contribution >= 4 is 27.5 Å². The van der Waals surface area contributed by atoms with Crippen LogP contribution in [0.2, 0.25) is 0 Å². The largest absolute Gasteiger partial charge is 0.454 e. The number of benzene rings is 3. The average Bonchev–Trinajstić information content (AvgIpc) is 3.10. The van der Waals surface area contributed by atoms with E-state index in [1.54, 1.807) is 51.2 Å². The second-order valence-electron chi connectivity index (χ2n) is 8.52. The van der Waals surface area contributed by atoms with Crippen LogP contribution in [0.4, 0.5) is 10.1 Å². The molecule has 3 aromatic carbocycles. The molecule has 196 valence electrons. The Morgan fingerprint density at radius 1 is 0.974 bits per heavy atom. The van der Waals surface area contributed by atoms with Gasteiger partial charge < -0.3 is 4.74 Å². The second kappa shape index (κ2) is 10.5. The number of Topliss-reactive ketones (excluding diaryl/α,β-unsaturated/α-hetero) is 1. The van der Waals surface area contributed by atoms with Gasteiger partial charge in [-0.05, 0) is 67.9 Å². The second-order valence-corrected chi connectivity index (χ2v) is 10.2. The number of ether oxygens (including phenoxy) is 1. The lowest BCUT2D eigenvalue weighted by molar-refractivity contribution is 0.0473. The fourth-order valence-corrected chi connectivity index (χ4v) is 4.94. The summed E-state index contributed by atoms with van der Waals surface area (Å²) in [5, 5.41) is 0. The molecule has 0 radical (unpaired) electrons. The Kier molecular flexibility index (Phi) is 7.31. The maximum absolute atomic E-state index is 13.2. The number of nitrogens with one attached hydrogen (secondary N) is 1. The van der Waals surface area contributed by atoms with Gasteiger partial charge >= 0.3 is 5.97 Å². The molecule has 38 heavy (non-hydrogen) atoms. The van der Waals surface area contributed by atoms with Gasteiger partial charge in [-0.3, -0.25) is 19.0 Å². The minimum atomic E-state index is -4.28. The number of anilines is 1. The summed E-state index contributed by atoms with van der Waals surface area (Å²) in [6.07, 6.45) is 0. The van der Waals surface area contributed by atoms with Crippen LogP contribution < -0.4 is 10.3 Å². The summed E-state index contributed by atoms with van der Waals surface area (Å²) in [4.78, 5) is 37.8. The van der Waals surface area contributed by atoms with E-state index < -0.39 is 39.8 Å². The van der Waals surface area contributed by atoms with Crippen molar-refractivity contribution in [3.63, 3.8) is 0 Å². The molecule has 0 aliphatic rings. The Labute approximate surface area is 218 Å². The van der Waals surface area contributed by atoms with Gasteiger partial charge in [-0.15, -0.1) is 0 Å². The van der Waals surface area contributed by atoms with Crippen LogP contribution in [0.1, 0.15) is 32.0 Å². The summed E-state index contributed by atoms with van der Waals surface area (Å²) in [5.41, 5.74) is 0.766. The van der Waals surface area contributed by atoms with Crippen molar-refractivity contribution in [2.45, 2.75) is 18.7 Å². The van der Waals surface area contributed by atoms with Gasteiger partial charge in [-0.2, -0.15) is 0 Å². The fourth-order valence-electron chi connectivity index (χ4n) is 3.80. The summed E-state index contributed by atoms with van der Waals surface area (Å²) < 4.78 is 49.8. The van der Waals surface area contributed by atoms with E-state index in [1.807, 2.05) is 0 Å². The molecule has 0 aliphatic heterocycles. The first-order valence-corrected chi connectivity index (χ1v) is 12.9. The number of esters is 1. The van der Waals surface area contributed by atoms with Gasteiger partial charge in [0.2, 0.25) is 0 Å². The third-order valence-electron chi connectivity index (χ3n) is 6.03. The van der Waals surface area contributed by atoms with Gasteiger partial charge in [0.1, 0.15) is 11.5 Å². The molecule has 4 aromatic rings. The summed E-state index contributed by atoms with van der Waals surface area (Å²) in [6, 6.07) is 17.4. The highest BCUT2D eigenvalue weighted by Crippen LogP contribution is 2.21. The Morgan fingerprint density at radius 2 is 1.63 bits per heavy atom. The van der Waals surface area contributed by atoms with Crippen LogP contribution in [0, 0.1) is 19.7 Å². The number of aryl methyl sites for hydroxylation is 1. The van der Waals surface area contributed by atoms with Gasteiger partial charge in [-0.25, -0.2) is 22.3 Å². The number of aromatic nitrogens is 2. The number of ketones is 1. The minimum Gasteiger partial charge on any atom is -0.454 e. The summed E-state index contributed by atoms with van der Waals surface area (Å²) >= 11 is 0. The molecule has 0 saturated carbocycles. The molecule has 4 rings (SSSR count).